The number of nitro groups is 1. The Morgan fingerprint density at radius 2 is 2.17 bits per heavy atom. The molecule has 1 unspecified atom stereocenters. The fraction of sp³-hybridized carbons (Fsp3) is 0.667. The second-order valence-electron chi connectivity index (χ2n) is 4.82. The average molecular weight is 270 g/mol. The summed E-state index contributed by atoms with van der Waals surface area (Å²) in [6.07, 6.45) is 3.92. The molecule has 0 saturated heterocycles. The van der Waals surface area contributed by atoms with Crippen LogP contribution < -0.4 is 4.90 Å². The Morgan fingerprint density at radius 3 is 2.67 bits per heavy atom. The molecule has 1 aliphatic rings. The van der Waals surface area contributed by atoms with Crippen molar-refractivity contribution in [2.24, 2.45) is 0 Å². The molecule has 18 heavy (non-hydrogen) atoms. The van der Waals surface area contributed by atoms with Crippen LogP contribution in [0.15, 0.2) is 6.07 Å². The standard InChI is InChI=1S/C12H18N2O3S/c1-8(15)11-7-10(14(16)17)12(18-11)13(2)9-5-3-4-6-9/h7-9,15H,3-6H2,1-2H3. The van der Waals surface area contributed by atoms with Gasteiger partial charge >= 0.3 is 5.69 Å². The lowest BCUT2D eigenvalue weighted by atomic mass is 10.2. The van der Waals surface area contributed by atoms with E-state index < -0.39 is 6.10 Å². The van der Waals surface area contributed by atoms with E-state index in [4.69, 9.17) is 0 Å². The number of aliphatic hydroxyl groups excluding tert-OH is 1. The molecule has 0 radical (unpaired) electrons. The highest BCUT2D eigenvalue weighted by atomic mass is 32.1. The molecule has 0 aromatic carbocycles. The summed E-state index contributed by atoms with van der Waals surface area (Å²) in [7, 11) is 1.92. The number of rotatable bonds is 4. The molecule has 0 spiro atoms. The molecule has 5 nitrogen and oxygen atoms in total. The molecule has 2 rings (SSSR count). The van der Waals surface area contributed by atoms with Crippen LogP contribution >= 0.6 is 11.3 Å². The molecule has 1 aliphatic carbocycles. The van der Waals surface area contributed by atoms with Gasteiger partial charge in [-0.3, -0.25) is 10.1 Å². The first kappa shape index (κ1) is 13.3. The number of aliphatic hydroxyl groups is 1. The third-order valence-corrected chi connectivity index (χ3v) is 4.90. The van der Waals surface area contributed by atoms with Crippen LogP contribution in [-0.2, 0) is 0 Å². The van der Waals surface area contributed by atoms with Crippen LogP contribution in [0, 0.1) is 10.1 Å². The molecule has 1 fully saturated rings. The third kappa shape index (κ3) is 2.49. The Labute approximate surface area is 110 Å². The van der Waals surface area contributed by atoms with Crippen molar-refractivity contribution < 1.29 is 10.0 Å². The molecular formula is C12H18N2O3S. The van der Waals surface area contributed by atoms with E-state index >= 15 is 0 Å². The van der Waals surface area contributed by atoms with Crippen molar-refractivity contribution in [3.05, 3.63) is 21.1 Å². The third-order valence-electron chi connectivity index (χ3n) is 3.51. The largest absolute Gasteiger partial charge is 0.388 e. The number of anilines is 1. The zero-order valence-corrected chi connectivity index (χ0v) is 11.4. The minimum Gasteiger partial charge on any atom is -0.388 e. The predicted octanol–water partition coefficient (Wildman–Crippen LogP) is 3.09. The molecule has 0 amide bonds. The lowest BCUT2D eigenvalue weighted by molar-refractivity contribution is -0.383. The topological polar surface area (TPSA) is 66.6 Å². The van der Waals surface area contributed by atoms with E-state index in [0.717, 1.165) is 12.8 Å². The maximum absolute atomic E-state index is 11.1. The SMILES string of the molecule is CC(O)c1cc([N+](=O)[O-])c(N(C)C2CCCC2)s1. The molecule has 6 heteroatoms. The fourth-order valence-electron chi connectivity index (χ4n) is 2.44. The summed E-state index contributed by atoms with van der Waals surface area (Å²) < 4.78 is 0. The van der Waals surface area contributed by atoms with E-state index in [1.54, 1.807) is 6.92 Å². The number of thiophene rings is 1. The van der Waals surface area contributed by atoms with E-state index in [1.807, 2.05) is 11.9 Å². The maximum atomic E-state index is 11.1. The summed E-state index contributed by atoms with van der Waals surface area (Å²) in [6.45, 7) is 1.63. The van der Waals surface area contributed by atoms with Gasteiger partial charge in [-0.2, -0.15) is 0 Å². The van der Waals surface area contributed by atoms with Gasteiger partial charge in [-0.15, -0.1) is 11.3 Å². The highest BCUT2D eigenvalue weighted by molar-refractivity contribution is 7.16. The highest BCUT2D eigenvalue weighted by Crippen LogP contribution is 2.42. The van der Waals surface area contributed by atoms with Gasteiger partial charge in [-0.1, -0.05) is 12.8 Å². The Kier molecular flexibility index (Phi) is 3.87. The Hall–Kier alpha value is -1.14. The van der Waals surface area contributed by atoms with Crippen molar-refractivity contribution in [2.45, 2.75) is 44.8 Å². The van der Waals surface area contributed by atoms with E-state index in [1.165, 1.54) is 30.2 Å². The van der Waals surface area contributed by atoms with Gasteiger partial charge in [0.05, 0.1) is 11.0 Å². The first-order valence-corrected chi connectivity index (χ1v) is 7.01. The minimum atomic E-state index is -0.653. The van der Waals surface area contributed by atoms with E-state index in [2.05, 4.69) is 0 Å². The fourth-order valence-corrected chi connectivity index (χ4v) is 3.53. The van der Waals surface area contributed by atoms with Crippen molar-refractivity contribution >= 4 is 22.0 Å². The summed E-state index contributed by atoms with van der Waals surface area (Å²) in [6, 6.07) is 1.89. The second-order valence-corrected chi connectivity index (χ2v) is 5.88. The Balaban J connectivity index is 2.32. The van der Waals surface area contributed by atoms with Gasteiger partial charge in [-0.25, -0.2) is 0 Å². The molecule has 1 atom stereocenters. The summed E-state index contributed by atoms with van der Waals surface area (Å²) >= 11 is 1.33. The van der Waals surface area contributed by atoms with E-state index in [0.29, 0.717) is 15.9 Å². The smallest absolute Gasteiger partial charge is 0.304 e. The van der Waals surface area contributed by atoms with Crippen molar-refractivity contribution in [1.29, 1.82) is 0 Å². The molecular weight excluding hydrogens is 252 g/mol. The van der Waals surface area contributed by atoms with Crippen LogP contribution in [0.2, 0.25) is 0 Å². The molecule has 1 N–H and O–H groups in total. The predicted molar refractivity (Wildman–Crippen MR) is 72.3 cm³/mol. The average Bonchev–Trinajstić information content (AvgIpc) is 2.97. The van der Waals surface area contributed by atoms with Crippen molar-refractivity contribution in [3.63, 3.8) is 0 Å². The molecule has 100 valence electrons. The van der Waals surface area contributed by atoms with Crippen molar-refractivity contribution in [1.82, 2.24) is 0 Å². The van der Waals surface area contributed by atoms with Gasteiger partial charge in [0, 0.05) is 24.0 Å². The van der Waals surface area contributed by atoms with Gasteiger partial charge in [0.25, 0.3) is 0 Å². The Morgan fingerprint density at radius 1 is 1.56 bits per heavy atom. The van der Waals surface area contributed by atoms with Gasteiger partial charge in [-0.05, 0) is 19.8 Å². The summed E-state index contributed by atoms with van der Waals surface area (Å²) in [5, 5.41) is 21.3. The lowest BCUT2D eigenvalue weighted by Crippen LogP contribution is -2.28. The quantitative estimate of drug-likeness (QED) is 0.674. The van der Waals surface area contributed by atoms with Crippen molar-refractivity contribution in [3.8, 4) is 0 Å². The molecule has 1 aromatic rings. The summed E-state index contributed by atoms with van der Waals surface area (Å²) in [5.41, 5.74) is 0.116. The first-order chi connectivity index (χ1) is 8.50. The summed E-state index contributed by atoms with van der Waals surface area (Å²) in [4.78, 5) is 13.4. The zero-order chi connectivity index (χ0) is 13.3. The van der Waals surface area contributed by atoms with E-state index in [9.17, 15) is 15.2 Å². The van der Waals surface area contributed by atoms with E-state index in [-0.39, 0.29) is 10.6 Å². The highest BCUT2D eigenvalue weighted by Gasteiger charge is 2.28. The van der Waals surface area contributed by atoms with Crippen LogP contribution in [0.5, 0.6) is 0 Å². The lowest BCUT2D eigenvalue weighted by Gasteiger charge is -2.24. The molecule has 1 saturated carbocycles. The van der Waals surface area contributed by atoms with Crippen LogP contribution in [0.4, 0.5) is 10.7 Å². The Bertz CT molecular complexity index is 439. The maximum Gasteiger partial charge on any atom is 0.304 e. The van der Waals surface area contributed by atoms with Crippen LogP contribution in [0.3, 0.4) is 0 Å². The number of hydrogen-bond donors (Lipinski definition) is 1. The molecule has 0 bridgehead atoms. The van der Waals surface area contributed by atoms with Crippen LogP contribution in [0.25, 0.3) is 0 Å². The van der Waals surface area contributed by atoms with Gasteiger partial charge in [0.15, 0.2) is 5.00 Å². The molecule has 1 aromatic heterocycles. The zero-order valence-electron chi connectivity index (χ0n) is 10.6. The van der Waals surface area contributed by atoms with Gasteiger partial charge < -0.3 is 10.0 Å². The van der Waals surface area contributed by atoms with Gasteiger partial charge in [0.1, 0.15) is 0 Å². The molecule has 1 heterocycles. The monoisotopic (exact) mass is 270 g/mol. The van der Waals surface area contributed by atoms with Crippen molar-refractivity contribution in [2.75, 3.05) is 11.9 Å². The molecule has 0 aliphatic heterocycles. The van der Waals surface area contributed by atoms with Crippen LogP contribution in [-0.4, -0.2) is 23.1 Å². The minimum absolute atomic E-state index is 0.116. The van der Waals surface area contributed by atoms with Gasteiger partial charge in [0.2, 0.25) is 0 Å². The first-order valence-electron chi connectivity index (χ1n) is 6.19. The normalized spacial score (nSPS) is 17.9. The second kappa shape index (κ2) is 5.24. The van der Waals surface area contributed by atoms with Crippen LogP contribution in [0.1, 0.15) is 43.6 Å². The number of nitrogens with zero attached hydrogens (tertiary/aromatic N) is 2. The number of hydrogen-bond acceptors (Lipinski definition) is 5. The summed E-state index contributed by atoms with van der Waals surface area (Å²) in [5.74, 6) is 0.